The molecule has 31 heavy (non-hydrogen) atoms. The number of hydrogen-bond donors (Lipinski definition) is 4. The summed E-state index contributed by atoms with van der Waals surface area (Å²) in [6, 6.07) is 3.65. The van der Waals surface area contributed by atoms with E-state index in [2.05, 4.69) is 20.6 Å². The lowest BCUT2D eigenvalue weighted by molar-refractivity contribution is -0.145. The minimum Gasteiger partial charge on any atom is -0.479 e. The van der Waals surface area contributed by atoms with Gasteiger partial charge < -0.3 is 21.5 Å². The number of fused-ring (bicyclic) bond motifs is 3. The number of hydrogen-bond acceptors (Lipinski definition) is 7. The zero-order valence-corrected chi connectivity index (χ0v) is 18.2. The Morgan fingerprint density at radius 3 is 2.77 bits per heavy atom. The number of aliphatic carboxylic acids is 1. The number of benzene rings is 1. The lowest BCUT2D eigenvalue weighted by Crippen LogP contribution is -2.54. The standard InChI is InChI=1S/C21H25N5O4S/c1-12-8-13(2)15-9-14(12)11-24-20(22)25-17-10-21(19(29)30,5-3-6-23-18(15)28)26-16(27)4-7-31-17/h8-11H,3-7H2,1-2H3,(H2,22,25)(H,23,28)(H,26,27)(H,29,30)/b17-10-,24-11-. The van der Waals surface area contributed by atoms with Crippen molar-refractivity contribution in [1.29, 1.82) is 0 Å². The number of nitrogens with two attached hydrogens (primary N) is 1. The smallest absolute Gasteiger partial charge is 0.333 e. The SMILES string of the molecule is Cc1cc(C)c2cc1\C=N/C(N)=N\C1=C\C(C(=O)O)(CCCNC2=O)NC(=O)CCS1. The molecule has 1 atom stereocenters. The molecule has 164 valence electrons. The third-order valence-corrected chi connectivity index (χ3v) is 6.06. The molecule has 0 radical (unpaired) electrons. The number of rotatable bonds is 1. The molecule has 2 amide bonds. The second-order valence-corrected chi connectivity index (χ2v) is 8.63. The fraction of sp³-hybridized carbons (Fsp3) is 0.381. The van der Waals surface area contributed by atoms with Crippen molar-refractivity contribution >= 4 is 41.7 Å². The van der Waals surface area contributed by atoms with Crippen molar-refractivity contribution in [3.63, 3.8) is 0 Å². The van der Waals surface area contributed by atoms with Gasteiger partial charge in [-0.05, 0) is 55.5 Å². The topological polar surface area (TPSA) is 146 Å². The van der Waals surface area contributed by atoms with Gasteiger partial charge in [0.15, 0.2) is 5.54 Å². The summed E-state index contributed by atoms with van der Waals surface area (Å²) in [4.78, 5) is 45.5. The summed E-state index contributed by atoms with van der Waals surface area (Å²) >= 11 is 1.25. The number of carbonyl (C=O) groups excluding carboxylic acids is 2. The number of carboxylic acid groups (broad SMARTS) is 1. The van der Waals surface area contributed by atoms with Crippen LogP contribution in [0.1, 0.15) is 46.3 Å². The Balaban J connectivity index is 2.09. The van der Waals surface area contributed by atoms with Crippen LogP contribution in [0.4, 0.5) is 0 Å². The molecule has 0 spiro atoms. The molecule has 1 aromatic carbocycles. The summed E-state index contributed by atoms with van der Waals surface area (Å²) in [5.74, 6) is -1.44. The highest BCUT2D eigenvalue weighted by molar-refractivity contribution is 8.03. The maximum absolute atomic E-state index is 12.7. The van der Waals surface area contributed by atoms with Gasteiger partial charge in [0.2, 0.25) is 11.9 Å². The molecule has 0 aliphatic carbocycles. The van der Waals surface area contributed by atoms with Gasteiger partial charge in [-0.25, -0.2) is 14.8 Å². The zero-order valence-electron chi connectivity index (χ0n) is 17.4. The van der Waals surface area contributed by atoms with Crippen LogP contribution >= 0.6 is 11.8 Å². The van der Waals surface area contributed by atoms with Crippen LogP contribution in [0, 0.1) is 13.8 Å². The number of aryl methyl sites for hydroxylation is 2. The van der Waals surface area contributed by atoms with Crippen molar-refractivity contribution in [3.05, 3.63) is 45.5 Å². The Kier molecular flexibility index (Phi) is 6.79. The number of guanidine groups is 1. The van der Waals surface area contributed by atoms with E-state index < -0.39 is 11.5 Å². The van der Waals surface area contributed by atoms with Crippen molar-refractivity contribution in [2.45, 2.75) is 38.6 Å². The van der Waals surface area contributed by atoms with Crippen LogP contribution in [0.3, 0.4) is 0 Å². The van der Waals surface area contributed by atoms with E-state index in [1.54, 1.807) is 6.07 Å². The van der Waals surface area contributed by atoms with Gasteiger partial charge >= 0.3 is 5.97 Å². The first-order chi connectivity index (χ1) is 14.7. The molecular formula is C21H25N5O4S. The molecule has 10 heteroatoms. The molecule has 2 heterocycles. The zero-order chi connectivity index (χ0) is 22.6. The van der Waals surface area contributed by atoms with Crippen LogP contribution in [0.5, 0.6) is 0 Å². The van der Waals surface area contributed by atoms with E-state index in [-0.39, 0.29) is 37.2 Å². The van der Waals surface area contributed by atoms with E-state index in [1.165, 1.54) is 24.1 Å². The van der Waals surface area contributed by atoms with Crippen LogP contribution in [-0.4, -0.2) is 52.9 Å². The highest BCUT2D eigenvalue weighted by Crippen LogP contribution is 2.28. The molecule has 0 saturated carbocycles. The first-order valence-corrected chi connectivity index (χ1v) is 10.9. The Morgan fingerprint density at radius 1 is 1.26 bits per heavy atom. The van der Waals surface area contributed by atoms with E-state index in [4.69, 9.17) is 5.73 Å². The maximum Gasteiger partial charge on any atom is 0.333 e. The largest absolute Gasteiger partial charge is 0.479 e. The molecule has 4 bridgehead atoms. The molecular weight excluding hydrogens is 418 g/mol. The normalized spacial score (nSPS) is 26.9. The van der Waals surface area contributed by atoms with Crippen LogP contribution in [-0.2, 0) is 9.59 Å². The van der Waals surface area contributed by atoms with Gasteiger partial charge in [-0.3, -0.25) is 9.59 Å². The highest BCUT2D eigenvalue weighted by Gasteiger charge is 2.39. The van der Waals surface area contributed by atoms with Gasteiger partial charge in [0, 0.05) is 30.5 Å². The number of nitrogens with one attached hydrogen (secondary N) is 2. The molecule has 0 aromatic heterocycles. The summed E-state index contributed by atoms with van der Waals surface area (Å²) in [5, 5.41) is 15.8. The maximum atomic E-state index is 12.7. The molecule has 9 nitrogen and oxygen atoms in total. The Hall–Kier alpha value is -3.14. The summed E-state index contributed by atoms with van der Waals surface area (Å²) in [6.45, 7) is 4.01. The van der Waals surface area contributed by atoms with E-state index in [0.717, 1.165) is 16.7 Å². The first-order valence-electron chi connectivity index (χ1n) is 9.88. The minimum atomic E-state index is -1.65. The van der Waals surface area contributed by atoms with Crippen LogP contribution in [0.2, 0.25) is 0 Å². The summed E-state index contributed by atoms with van der Waals surface area (Å²) in [5.41, 5.74) is 7.31. The van der Waals surface area contributed by atoms with Gasteiger partial charge in [-0.1, -0.05) is 6.07 Å². The predicted octanol–water partition coefficient (Wildman–Crippen LogP) is 1.48. The Labute approximate surface area is 184 Å². The molecule has 0 saturated heterocycles. The average molecular weight is 444 g/mol. The molecule has 3 rings (SSSR count). The highest BCUT2D eigenvalue weighted by atomic mass is 32.2. The van der Waals surface area contributed by atoms with Gasteiger partial charge in [0.05, 0.1) is 5.03 Å². The molecule has 5 N–H and O–H groups in total. The quantitative estimate of drug-likeness (QED) is 0.517. The molecule has 0 fully saturated rings. The lowest BCUT2D eigenvalue weighted by Gasteiger charge is -2.29. The van der Waals surface area contributed by atoms with Crippen LogP contribution in [0.25, 0.3) is 0 Å². The number of nitrogens with zero attached hydrogens (tertiary/aromatic N) is 2. The van der Waals surface area contributed by atoms with Crippen LogP contribution in [0.15, 0.2) is 33.2 Å². The average Bonchev–Trinajstić information content (AvgIpc) is 2.68. The predicted molar refractivity (Wildman–Crippen MR) is 120 cm³/mol. The van der Waals surface area contributed by atoms with Crippen molar-refractivity contribution in [2.24, 2.45) is 15.7 Å². The second-order valence-electron chi connectivity index (χ2n) is 7.52. The van der Waals surface area contributed by atoms with Crippen molar-refractivity contribution < 1.29 is 19.5 Å². The molecule has 2 aliphatic heterocycles. The van der Waals surface area contributed by atoms with E-state index >= 15 is 0 Å². The fourth-order valence-electron chi connectivity index (χ4n) is 3.46. The third-order valence-electron chi connectivity index (χ3n) is 5.14. The van der Waals surface area contributed by atoms with Gasteiger partial charge in [-0.15, -0.1) is 11.8 Å². The molecule has 1 unspecified atom stereocenters. The van der Waals surface area contributed by atoms with Gasteiger partial charge in [-0.2, -0.15) is 0 Å². The summed E-state index contributed by atoms with van der Waals surface area (Å²) < 4.78 is 0. The van der Waals surface area contributed by atoms with Crippen LogP contribution < -0.4 is 16.4 Å². The summed E-state index contributed by atoms with van der Waals surface area (Å²) in [7, 11) is 0. The molecule has 1 aromatic rings. The summed E-state index contributed by atoms with van der Waals surface area (Å²) in [6.07, 6.45) is 3.51. The monoisotopic (exact) mass is 443 g/mol. The minimum absolute atomic E-state index is 0.0502. The second kappa shape index (κ2) is 9.34. The number of carbonyl (C=O) groups is 3. The fourth-order valence-corrected chi connectivity index (χ4v) is 4.40. The van der Waals surface area contributed by atoms with Crippen molar-refractivity contribution in [2.75, 3.05) is 12.3 Å². The van der Waals surface area contributed by atoms with E-state index in [1.807, 2.05) is 19.9 Å². The number of carboxylic acids is 1. The third kappa shape index (κ3) is 5.32. The number of thioether (sulfide) groups is 1. The number of aliphatic imine (C=N–C) groups is 2. The van der Waals surface area contributed by atoms with E-state index in [9.17, 15) is 19.5 Å². The first kappa shape index (κ1) is 22.5. The van der Waals surface area contributed by atoms with Gasteiger partial charge in [0.1, 0.15) is 0 Å². The number of amides is 2. The van der Waals surface area contributed by atoms with Crippen molar-refractivity contribution in [3.8, 4) is 0 Å². The van der Waals surface area contributed by atoms with E-state index in [0.29, 0.717) is 22.8 Å². The Morgan fingerprint density at radius 2 is 2.03 bits per heavy atom. The Bertz CT molecular complexity index is 1020. The molecule has 2 aliphatic rings. The lowest BCUT2D eigenvalue weighted by atomic mass is 9.92. The van der Waals surface area contributed by atoms with Crippen molar-refractivity contribution in [1.82, 2.24) is 10.6 Å². The van der Waals surface area contributed by atoms with Gasteiger partial charge in [0.25, 0.3) is 5.91 Å².